The monoisotopic (exact) mass is 550 g/mol. The van der Waals surface area contributed by atoms with E-state index < -0.39 is 29.1 Å². The summed E-state index contributed by atoms with van der Waals surface area (Å²) < 4.78 is 27.1. The molecular formula is C34H43FO5. The molecule has 0 spiro atoms. The summed E-state index contributed by atoms with van der Waals surface area (Å²) >= 11 is 0. The zero-order valence-electron chi connectivity index (χ0n) is 24.0. The normalized spacial score (nSPS) is 19.1. The second-order valence-corrected chi connectivity index (χ2v) is 10.6. The van der Waals surface area contributed by atoms with E-state index >= 15 is 4.39 Å². The molecule has 2 aromatic rings. The van der Waals surface area contributed by atoms with Crippen LogP contribution in [-0.4, -0.2) is 29.8 Å². The first-order valence-electron chi connectivity index (χ1n) is 14.7. The van der Waals surface area contributed by atoms with Crippen molar-refractivity contribution in [1.29, 1.82) is 0 Å². The molecule has 0 bridgehead atoms. The first-order valence-corrected chi connectivity index (χ1v) is 14.7. The van der Waals surface area contributed by atoms with Crippen LogP contribution >= 0.6 is 0 Å². The Morgan fingerprint density at radius 2 is 1.60 bits per heavy atom. The standard InChI is InChI=1S/C34H43FO5/c1-4-6-7-8-9-10-11-14-23-39-28-19-17-26(18-20-28)27-21-22-34(33(37)38,31(35)24-27)30-16-13-12-15-29(30)32(36)40-25(3)5-2/h12-13,15-22,24-25,27H,4-11,14,23H2,1-3H3,(H,37,38)/t25-,27?,34?/m1/s1. The molecule has 0 saturated carbocycles. The molecule has 3 atom stereocenters. The van der Waals surface area contributed by atoms with Crippen LogP contribution in [0.25, 0.3) is 0 Å². The molecule has 40 heavy (non-hydrogen) atoms. The molecule has 0 fully saturated rings. The van der Waals surface area contributed by atoms with Crippen LogP contribution in [0.1, 0.15) is 106 Å². The highest BCUT2D eigenvalue weighted by molar-refractivity contribution is 5.97. The van der Waals surface area contributed by atoms with Crippen LogP contribution in [0, 0.1) is 0 Å². The van der Waals surface area contributed by atoms with Crippen LogP contribution in [0.3, 0.4) is 0 Å². The van der Waals surface area contributed by atoms with E-state index in [4.69, 9.17) is 9.47 Å². The second kappa shape index (κ2) is 15.4. The highest BCUT2D eigenvalue weighted by Gasteiger charge is 2.47. The Bertz CT molecular complexity index is 1170. The van der Waals surface area contributed by atoms with Gasteiger partial charge in [0.05, 0.1) is 18.3 Å². The number of benzene rings is 2. The number of halogens is 1. The predicted octanol–water partition coefficient (Wildman–Crippen LogP) is 8.69. The Kier molecular flexibility index (Phi) is 12.0. The van der Waals surface area contributed by atoms with Gasteiger partial charge >= 0.3 is 11.9 Å². The molecule has 0 heterocycles. The minimum atomic E-state index is -2.11. The third-order valence-electron chi connectivity index (χ3n) is 7.58. The van der Waals surface area contributed by atoms with Gasteiger partial charge in [-0.1, -0.05) is 101 Å². The van der Waals surface area contributed by atoms with Crippen LogP contribution in [0.2, 0.25) is 0 Å². The van der Waals surface area contributed by atoms with E-state index in [9.17, 15) is 14.7 Å². The molecular weight excluding hydrogens is 507 g/mol. The van der Waals surface area contributed by atoms with Gasteiger partial charge in [-0.25, -0.2) is 9.18 Å². The van der Waals surface area contributed by atoms with Crippen LogP contribution in [0.15, 0.2) is 72.6 Å². The molecule has 1 aliphatic rings. The lowest BCUT2D eigenvalue weighted by Gasteiger charge is -2.31. The number of carbonyl (C=O) groups is 2. The van der Waals surface area contributed by atoms with Gasteiger partial charge in [-0.3, -0.25) is 4.79 Å². The van der Waals surface area contributed by atoms with E-state index in [0.717, 1.165) is 24.2 Å². The van der Waals surface area contributed by atoms with Crippen LogP contribution in [0.5, 0.6) is 5.75 Å². The predicted molar refractivity (Wildman–Crippen MR) is 157 cm³/mol. The molecule has 0 saturated heterocycles. The van der Waals surface area contributed by atoms with E-state index in [0.29, 0.717) is 13.0 Å². The zero-order valence-corrected chi connectivity index (χ0v) is 24.0. The number of esters is 1. The topological polar surface area (TPSA) is 72.8 Å². The molecule has 1 aliphatic carbocycles. The number of carbonyl (C=O) groups excluding carboxylic acids is 1. The van der Waals surface area contributed by atoms with Crippen molar-refractivity contribution in [2.75, 3.05) is 6.61 Å². The van der Waals surface area contributed by atoms with Crippen molar-refractivity contribution in [1.82, 2.24) is 0 Å². The van der Waals surface area contributed by atoms with Gasteiger partial charge in [0.1, 0.15) is 11.6 Å². The van der Waals surface area contributed by atoms with Gasteiger partial charge in [-0.15, -0.1) is 0 Å². The maximum absolute atomic E-state index is 15.8. The summed E-state index contributed by atoms with van der Waals surface area (Å²) in [6, 6.07) is 13.6. The summed E-state index contributed by atoms with van der Waals surface area (Å²) in [4.78, 5) is 25.4. The number of unbranched alkanes of at least 4 members (excludes halogenated alkanes) is 7. The Labute approximate surface area is 238 Å². The molecule has 3 rings (SSSR count). The molecule has 5 nitrogen and oxygen atoms in total. The third-order valence-corrected chi connectivity index (χ3v) is 7.58. The SMILES string of the molecule is CCCCCCCCCCOc1ccc(C2C=CC(C(=O)O)(c3ccccc3C(=O)O[C@H](C)CC)C(F)=C2)cc1. The average Bonchev–Trinajstić information content (AvgIpc) is 2.96. The number of carboxylic acid groups (broad SMARTS) is 1. The largest absolute Gasteiger partial charge is 0.494 e. The summed E-state index contributed by atoms with van der Waals surface area (Å²) in [7, 11) is 0. The van der Waals surface area contributed by atoms with Crippen molar-refractivity contribution >= 4 is 11.9 Å². The van der Waals surface area contributed by atoms with Crippen molar-refractivity contribution in [2.24, 2.45) is 0 Å². The summed E-state index contributed by atoms with van der Waals surface area (Å²) in [5.74, 6) is -2.61. The van der Waals surface area contributed by atoms with Crippen molar-refractivity contribution in [3.63, 3.8) is 0 Å². The zero-order chi connectivity index (χ0) is 29.0. The number of ether oxygens (including phenoxy) is 2. The Hall–Kier alpha value is -3.41. The molecule has 1 N–H and O–H groups in total. The van der Waals surface area contributed by atoms with Gasteiger partial charge in [-0.05, 0) is 55.2 Å². The van der Waals surface area contributed by atoms with Crippen molar-refractivity contribution in [3.05, 3.63) is 89.3 Å². The lowest BCUT2D eigenvalue weighted by molar-refractivity contribution is -0.141. The molecule has 2 aromatic carbocycles. The molecule has 0 aliphatic heterocycles. The molecule has 6 heteroatoms. The molecule has 2 unspecified atom stereocenters. The van der Waals surface area contributed by atoms with Gasteiger partial charge in [0, 0.05) is 5.92 Å². The maximum atomic E-state index is 15.8. The Morgan fingerprint density at radius 1 is 0.950 bits per heavy atom. The first kappa shape index (κ1) is 31.1. The minimum absolute atomic E-state index is 0.0369. The van der Waals surface area contributed by atoms with Crippen LogP contribution in [0.4, 0.5) is 4.39 Å². The van der Waals surface area contributed by atoms with Crippen LogP contribution < -0.4 is 4.74 Å². The number of hydrogen-bond donors (Lipinski definition) is 1. The van der Waals surface area contributed by atoms with Gasteiger partial charge in [0.2, 0.25) is 0 Å². The van der Waals surface area contributed by atoms with Gasteiger partial charge in [-0.2, -0.15) is 0 Å². The fourth-order valence-corrected chi connectivity index (χ4v) is 4.93. The minimum Gasteiger partial charge on any atom is -0.494 e. The van der Waals surface area contributed by atoms with E-state index in [-0.39, 0.29) is 17.2 Å². The van der Waals surface area contributed by atoms with Crippen molar-refractivity contribution in [3.8, 4) is 5.75 Å². The summed E-state index contributed by atoms with van der Waals surface area (Å²) in [5, 5.41) is 10.2. The van der Waals surface area contributed by atoms with Gasteiger partial charge in [0.25, 0.3) is 0 Å². The van der Waals surface area contributed by atoms with E-state index in [1.54, 1.807) is 25.1 Å². The van der Waals surface area contributed by atoms with Gasteiger partial charge < -0.3 is 14.6 Å². The first-order chi connectivity index (χ1) is 19.3. The number of allylic oxidation sites excluding steroid dienone is 2. The summed E-state index contributed by atoms with van der Waals surface area (Å²) in [5.41, 5.74) is -1.21. The van der Waals surface area contributed by atoms with E-state index in [2.05, 4.69) is 6.92 Å². The van der Waals surface area contributed by atoms with Gasteiger partial charge in [0.15, 0.2) is 5.41 Å². The van der Waals surface area contributed by atoms with Crippen molar-refractivity contribution in [2.45, 2.75) is 96.0 Å². The van der Waals surface area contributed by atoms with E-state index in [1.807, 2.05) is 31.2 Å². The number of rotatable bonds is 16. The van der Waals surface area contributed by atoms with Crippen LogP contribution in [-0.2, 0) is 14.9 Å². The lowest BCUT2D eigenvalue weighted by Crippen LogP contribution is -2.38. The number of aliphatic carboxylic acids is 1. The fourth-order valence-electron chi connectivity index (χ4n) is 4.93. The molecule has 0 radical (unpaired) electrons. The summed E-state index contributed by atoms with van der Waals surface area (Å²) in [6.07, 6.45) is 14.5. The second-order valence-electron chi connectivity index (χ2n) is 10.6. The highest BCUT2D eigenvalue weighted by atomic mass is 19.1. The molecule has 216 valence electrons. The average molecular weight is 551 g/mol. The lowest BCUT2D eigenvalue weighted by atomic mass is 9.72. The molecule has 0 amide bonds. The fraction of sp³-hybridized carbons (Fsp3) is 0.471. The smallest absolute Gasteiger partial charge is 0.338 e. The quantitative estimate of drug-likeness (QED) is 0.129. The maximum Gasteiger partial charge on any atom is 0.338 e. The number of carboxylic acids is 1. The molecule has 0 aromatic heterocycles. The number of hydrogen-bond acceptors (Lipinski definition) is 4. The summed E-state index contributed by atoms with van der Waals surface area (Å²) in [6.45, 7) is 6.52. The Morgan fingerprint density at radius 3 is 2.23 bits per heavy atom. The van der Waals surface area contributed by atoms with E-state index in [1.165, 1.54) is 62.8 Å². The Balaban J connectivity index is 1.66. The van der Waals surface area contributed by atoms with Crippen molar-refractivity contribution < 1.29 is 28.6 Å². The third kappa shape index (κ3) is 7.83. The highest BCUT2D eigenvalue weighted by Crippen LogP contribution is 2.43.